The monoisotopic (exact) mass is 332 g/mol. The summed E-state index contributed by atoms with van der Waals surface area (Å²) in [6.07, 6.45) is 1.82. The van der Waals surface area contributed by atoms with E-state index in [0.717, 1.165) is 22.6 Å². The maximum Gasteiger partial charge on any atom is 0.244 e. The van der Waals surface area contributed by atoms with Crippen LogP contribution in [0.25, 0.3) is 0 Å². The molecule has 2 heterocycles. The van der Waals surface area contributed by atoms with Crippen LogP contribution >= 0.6 is 11.3 Å². The molecule has 0 bridgehead atoms. The van der Waals surface area contributed by atoms with Crippen LogP contribution in [0.15, 0.2) is 11.0 Å². The van der Waals surface area contributed by atoms with Gasteiger partial charge in [-0.25, -0.2) is 8.42 Å². The van der Waals surface area contributed by atoms with Crippen LogP contribution in [0, 0.1) is 6.92 Å². The number of hydrogen-bond acceptors (Lipinski definition) is 5. The van der Waals surface area contributed by atoms with Gasteiger partial charge in [-0.1, -0.05) is 0 Å². The molecule has 5 nitrogen and oxygen atoms in total. The quantitative estimate of drug-likeness (QED) is 0.865. The smallest absolute Gasteiger partial charge is 0.244 e. The van der Waals surface area contributed by atoms with Crippen LogP contribution in [-0.4, -0.2) is 45.6 Å². The van der Waals surface area contributed by atoms with E-state index in [1.807, 2.05) is 20.9 Å². The van der Waals surface area contributed by atoms with Gasteiger partial charge in [-0.3, -0.25) is 0 Å². The number of piperidine rings is 1. The van der Waals surface area contributed by atoms with Gasteiger partial charge in [0.25, 0.3) is 0 Å². The van der Waals surface area contributed by atoms with Gasteiger partial charge in [-0.15, -0.1) is 11.3 Å². The maximum atomic E-state index is 12.8. The number of nitrogens with zero attached hydrogens (tertiary/aromatic N) is 1. The molecule has 0 aromatic carbocycles. The molecule has 1 atom stereocenters. The maximum absolute atomic E-state index is 12.8. The van der Waals surface area contributed by atoms with Gasteiger partial charge in [-0.05, 0) is 39.8 Å². The van der Waals surface area contributed by atoms with E-state index in [1.54, 1.807) is 21.7 Å². The SMILES string of the molecule is CCOC1CCCN(S(=O)(=O)c2cc(CNC)sc2C)C1. The van der Waals surface area contributed by atoms with Crippen LogP contribution < -0.4 is 5.32 Å². The van der Waals surface area contributed by atoms with Gasteiger partial charge < -0.3 is 10.1 Å². The van der Waals surface area contributed by atoms with Crippen LogP contribution in [0.2, 0.25) is 0 Å². The molecule has 0 saturated carbocycles. The van der Waals surface area contributed by atoms with Crippen molar-refractivity contribution in [2.75, 3.05) is 26.7 Å². The Morgan fingerprint density at radius 1 is 1.52 bits per heavy atom. The van der Waals surface area contributed by atoms with Gasteiger partial charge in [0.05, 0.1) is 11.0 Å². The van der Waals surface area contributed by atoms with Crippen LogP contribution in [0.3, 0.4) is 0 Å². The lowest BCUT2D eigenvalue weighted by Crippen LogP contribution is -2.43. The minimum Gasteiger partial charge on any atom is -0.377 e. The molecule has 1 saturated heterocycles. The van der Waals surface area contributed by atoms with E-state index in [-0.39, 0.29) is 6.10 Å². The predicted molar refractivity (Wildman–Crippen MR) is 85.2 cm³/mol. The average Bonchev–Trinajstić information content (AvgIpc) is 2.81. The van der Waals surface area contributed by atoms with Crippen LogP contribution in [-0.2, 0) is 21.3 Å². The van der Waals surface area contributed by atoms with Crippen LogP contribution in [0.5, 0.6) is 0 Å². The first-order valence-electron chi connectivity index (χ1n) is 7.34. The van der Waals surface area contributed by atoms with Crippen LogP contribution in [0.4, 0.5) is 0 Å². The number of aryl methyl sites for hydroxylation is 1. The van der Waals surface area contributed by atoms with Gasteiger partial charge in [0.1, 0.15) is 0 Å². The first kappa shape index (κ1) is 16.9. The van der Waals surface area contributed by atoms with Crippen molar-refractivity contribution < 1.29 is 13.2 Å². The molecule has 2 rings (SSSR count). The molecule has 1 N–H and O–H groups in total. The molecule has 0 amide bonds. The Labute approximate surface area is 131 Å². The van der Waals surface area contributed by atoms with E-state index < -0.39 is 10.0 Å². The Morgan fingerprint density at radius 2 is 2.29 bits per heavy atom. The highest BCUT2D eigenvalue weighted by atomic mass is 32.2. The zero-order valence-corrected chi connectivity index (χ0v) is 14.5. The lowest BCUT2D eigenvalue weighted by Gasteiger charge is -2.31. The van der Waals surface area contributed by atoms with E-state index in [2.05, 4.69) is 5.32 Å². The first-order chi connectivity index (χ1) is 9.98. The number of hydrogen-bond donors (Lipinski definition) is 1. The van der Waals surface area contributed by atoms with Gasteiger partial charge in [0, 0.05) is 36.0 Å². The summed E-state index contributed by atoms with van der Waals surface area (Å²) >= 11 is 1.54. The highest BCUT2D eigenvalue weighted by Crippen LogP contribution is 2.30. The Kier molecular flexibility index (Phi) is 5.79. The number of rotatable bonds is 6. The minimum atomic E-state index is -3.41. The summed E-state index contributed by atoms with van der Waals surface area (Å²) in [5, 5.41) is 3.06. The topological polar surface area (TPSA) is 58.6 Å². The highest BCUT2D eigenvalue weighted by molar-refractivity contribution is 7.89. The fourth-order valence-corrected chi connectivity index (χ4v) is 5.80. The molecule has 0 spiro atoms. The molecule has 1 fully saturated rings. The molecule has 0 aliphatic carbocycles. The molecular formula is C14H24N2O3S2. The predicted octanol–water partition coefficient (Wildman–Crippen LogP) is 1.97. The van der Waals surface area contributed by atoms with E-state index in [4.69, 9.17) is 4.74 Å². The zero-order chi connectivity index (χ0) is 15.5. The number of ether oxygens (including phenoxy) is 1. The van der Waals surface area contributed by atoms with Gasteiger partial charge in [0.2, 0.25) is 10.0 Å². The van der Waals surface area contributed by atoms with Gasteiger partial charge >= 0.3 is 0 Å². The largest absolute Gasteiger partial charge is 0.377 e. The third-order valence-electron chi connectivity index (χ3n) is 3.64. The molecule has 1 aliphatic heterocycles. The molecule has 21 heavy (non-hydrogen) atoms. The second-order valence-corrected chi connectivity index (χ2v) is 8.49. The average molecular weight is 332 g/mol. The molecule has 1 aliphatic rings. The summed E-state index contributed by atoms with van der Waals surface area (Å²) in [5.41, 5.74) is 0. The van der Waals surface area contributed by atoms with Crippen molar-refractivity contribution in [1.82, 2.24) is 9.62 Å². The fraction of sp³-hybridized carbons (Fsp3) is 0.714. The Hall–Kier alpha value is -0.470. The van der Waals surface area contributed by atoms with Crippen molar-refractivity contribution in [3.63, 3.8) is 0 Å². The fourth-order valence-electron chi connectivity index (χ4n) is 2.68. The van der Waals surface area contributed by atoms with Gasteiger partial charge in [0.15, 0.2) is 0 Å². The molecule has 7 heteroatoms. The Morgan fingerprint density at radius 3 is 2.95 bits per heavy atom. The molecule has 1 unspecified atom stereocenters. The van der Waals surface area contributed by atoms with E-state index >= 15 is 0 Å². The lowest BCUT2D eigenvalue weighted by atomic mass is 10.1. The first-order valence-corrected chi connectivity index (χ1v) is 9.60. The van der Waals surface area contributed by atoms with Crippen molar-refractivity contribution in [2.45, 2.75) is 44.2 Å². The summed E-state index contributed by atoms with van der Waals surface area (Å²) < 4.78 is 32.8. The van der Waals surface area contributed by atoms with Crippen molar-refractivity contribution >= 4 is 21.4 Å². The van der Waals surface area contributed by atoms with Gasteiger partial charge in [-0.2, -0.15) is 4.31 Å². The number of sulfonamides is 1. The van der Waals surface area contributed by atoms with E-state index in [9.17, 15) is 8.42 Å². The third-order valence-corrected chi connectivity index (χ3v) is 6.81. The summed E-state index contributed by atoms with van der Waals surface area (Å²) in [6, 6.07) is 1.80. The molecule has 1 aromatic rings. The summed E-state index contributed by atoms with van der Waals surface area (Å²) in [7, 11) is -1.54. The van der Waals surface area contributed by atoms with E-state index in [1.165, 1.54) is 0 Å². The highest BCUT2D eigenvalue weighted by Gasteiger charge is 2.32. The van der Waals surface area contributed by atoms with Crippen LogP contribution in [0.1, 0.15) is 29.5 Å². The zero-order valence-electron chi connectivity index (χ0n) is 12.9. The number of thiophene rings is 1. The summed E-state index contributed by atoms with van der Waals surface area (Å²) in [6.45, 7) is 6.20. The molecule has 120 valence electrons. The summed E-state index contributed by atoms with van der Waals surface area (Å²) in [5.74, 6) is 0. The molecule has 0 radical (unpaired) electrons. The normalized spacial score (nSPS) is 20.8. The second-order valence-electron chi connectivity index (χ2n) is 5.25. The molecule has 1 aromatic heterocycles. The van der Waals surface area contributed by atoms with Crippen molar-refractivity contribution in [2.24, 2.45) is 0 Å². The Bertz CT molecular complexity index is 567. The van der Waals surface area contributed by atoms with E-state index in [0.29, 0.717) is 31.1 Å². The van der Waals surface area contributed by atoms with Crippen molar-refractivity contribution in [3.8, 4) is 0 Å². The summed E-state index contributed by atoms with van der Waals surface area (Å²) in [4.78, 5) is 2.36. The Balaban J connectivity index is 2.20. The van der Waals surface area contributed by atoms with Crippen molar-refractivity contribution in [3.05, 3.63) is 15.8 Å². The standard InChI is InChI=1S/C14H24N2O3S2/c1-4-19-12-6-5-7-16(10-12)21(17,18)14-8-13(9-15-3)20-11(14)2/h8,12,15H,4-7,9-10H2,1-3H3. The third kappa shape index (κ3) is 3.84. The van der Waals surface area contributed by atoms with Crippen molar-refractivity contribution in [1.29, 1.82) is 0 Å². The lowest BCUT2D eigenvalue weighted by molar-refractivity contribution is 0.0265. The second kappa shape index (κ2) is 7.19. The molecular weight excluding hydrogens is 308 g/mol. The minimum absolute atomic E-state index is 0.0224. The number of nitrogens with one attached hydrogen (secondary N) is 1.